The second-order valence-corrected chi connectivity index (χ2v) is 9.90. The maximum atomic E-state index is 13.1. The zero-order valence-electron chi connectivity index (χ0n) is 18.4. The van der Waals surface area contributed by atoms with Crippen LogP contribution in [0.25, 0.3) is 0 Å². The molecule has 2 aromatic carbocycles. The number of amides is 2. The van der Waals surface area contributed by atoms with Crippen LogP contribution >= 0.6 is 23.4 Å². The largest absolute Gasteiger partial charge is 0.350 e. The van der Waals surface area contributed by atoms with E-state index >= 15 is 0 Å². The highest BCUT2D eigenvalue weighted by Gasteiger charge is 2.28. The van der Waals surface area contributed by atoms with Gasteiger partial charge in [-0.25, -0.2) is 0 Å². The number of hydrogen-bond donors (Lipinski definition) is 1. The van der Waals surface area contributed by atoms with Crippen LogP contribution in [-0.2, 0) is 21.9 Å². The van der Waals surface area contributed by atoms with Crippen LogP contribution in [0, 0.1) is 6.92 Å². The number of hydrogen-bond acceptors (Lipinski definition) is 3. The molecule has 2 rings (SSSR count). The summed E-state index contributed by atoms with van der Waals surface area (Å²) in [6.45, 7) is 9.89. The zero-order chi connectivity index (χ0) is 22.3. The maximum Gasteiger partial charge on any atom is 0.242 e. The Morgan fingerprint density at radius 1 is 1.13 bits per heavy atom. The Labute approximate surface area is 189 Å². The van der Waals surface area contributed by atoms with E-state index in [1.807, 2.05) is 45.0 Å². The molecule has 0 saturated heterocycles. The summed E-state index contributed by atoms with van der Waals surface area (Å²) in [5.41, 5.74) is 2.84. The van der Waals surface area contributed by atoms with Gasteiger partial charge >= 0.3 is 0 Å². The fraction of sp³-hybridized carbons (Fsp3) is 0.417. The van der Waals surface area contributed by atoms with Crippen LogP contribution in [0.4, 0.5) is 0 Å². The molecular weight excluding hydrogens is 416 g/mol. The van der Waals surface area contributed by atoms with Gasteiger partial charge in [-0.05, 0) is 51.8 Å². The summed E-state index contributed by atoms with van der Waals surface area (Å²) in [6, 6.07) is 15.1. The highest BCUT2D eigenvalue weighted by atomic mass is 35.5. The molecule has 0 fully saturated rings. The van der Waals surface area contributed by atoms with E-state index < -0.39 is 6.04 Å². The van der Waals surface area contributed by atoms with E-state index in [1.54, 1.807) is 29.7 Å². The van der Waals surface area contributed by atoms with Crippen molar-refractivity contribution in [3.8, 4) is 0 Å². The Balaban J connectivity index is 2.11. The van der Waals surface area contributed by atoms with Gasteiger partial charge in [0, 0.05) is 22.9 Å². The lowest BCUT2D eigenvalue weighted by Gasteiger charge is -2.31. The van der Waals surface area contributed by atoms with Crippen LogP contribution in [-0.4, -0.2) is 34.0 Å². The van der Waals surface area contributed by atoms with Crippen molar-refractivity contribution in [1.29, 1.82) is 0 Å². The molecule has 1 atom stereocenters. The Hall–Kier alpha value is -1.98. The van der Waals surface area contributed by atoms with Crippen LogP contribution in [0.5, 0.6) is 0 Å². The molecule has 0 aromatic heterocycles. The third-order valence-corrected chi connectivity index (χ3v) is 5.90. The number of thioether (sulfide) groups is 1. The Morgan fingerprint density at radius 2 is 1.83 bits per heavy atom. The van der Waals surface area contributed by atoms with Gasteiger partial charge in [0.25, 0.3) is 0 Å². The number of nitrogens with zero attached hydrogens (tertiary/aromatic N) is 1. The van der Waals surface area contributed by atoms with Crippen LogP contribution in [0.3, 0.4) is 0 Å². The Bertz CT molecular complexity index is 880. The standard InChI is InChI=1S/C24H31ClN2O2S/c1-17-9-8-10-19(13-17)15-30-16-22(28)27(14-20-11-6-7-12-21(20)25)18(2)23(29)26-24(3,4)5/h6-13,18H,14-16H2,1-5H3,(H,26,29)/t18-/m1/s1. The van der Waals surface area contributed by atoms with Gasteiger partial charge in [-0.3, -0.25) is 9.59 Å². The normalized spacial score (nSPS) is 12.3. The molecule has 6 heteroatoms. The minimum absolute atomic E-state index is 0.0795. The van der Waals surface area contributed by atoms with E-state index in [4.69, 9.17) is 11.6 Å². The fourth-order valence-electron chi connectivity index (χ4n) is 3.01. The van der Waals surface area contributed by atoms with Crippen molar-refractivity contribution >= 4 is 35.2 Å². The van der Waals surface area contributed by atoms with Crippen molar-refractivity contribution < 1.29 is 9.59 Å². The number of benzene rings is 2. The van der Waals surface area contributed by atoms with Crippen molar-refractivity contribution in [2.45, 2.75) is 58.5 Å². The average Bonchev–Trinajstić information content (AvgIpc) is 2.65. The van der Waals surface area contributed by atoms with Gasteiger partial charge in [-0.2, -0.15) is 0 Å². The van der Waals surface area contributed by atoms with Crippen LogP contribution < -0.4 is 5.32 Å². The van der Waals surface area contributed by atoms with Gasteiger partial charge in [-0.1, -0.05) is 59.6 Å². The summed E-state index contributed by atoms with van der Waals surface area (Å²) < 4.78 is 0. The van der Waals surface area contributed by atoms with Crippen molar-refractivity contribution in [2.75, 3.05) is 5.75 Å². The van der Waals surface area contributed by atoms with Crippen LogP contribution in [0.15, 0.2) is 48.5 Å². The smallest absolute Gasteiger partial charge is 0.242 e. The summed E-state index contributed by atoms with van der Waals surface area (Å²) >= 11 is 7.87. The number of rotatable bonds is 8. The molecule has 0 aliphatic heterocycles. The number of nitrogens with one attached hydrogen (secondary N) is 1. The van der Waals surface area contributed by atoms with Crippen molar-refractivity contribution in [2.24, 2.45) is 0 Å². The Morgan fingerprint density at radius 3 is 2.47 bits per heavy atom. The van der Waals surface area contributed by atoms with Crippen molar-refractivity contribution in [3.05, 3.63) is 70.2 Å². The third kappa shape index (κ3) is 7.69. The quantitative estimate of drug-likeness (QED) is 0.605. The van der Waals surface area contributed by atoms with Crippen LogP contribution in [0.2, 0.25) is 5.02 Å². The number of carbonyl (C=O) groups excluding carboxylic acids is 2. The van der Waals surface area contributed by atoms with E-state index in [9.17, 15) is 9.59 Å². The zero-order valence-corrected chi connectivity index (χ0v) is 19.9. The van der Waals surface area contributed by atoms with E-state index in [1.165, 1.54) is 11.1 Å². The molecule has 30 heavy (non-hydrogen) atoms. The first-order chi connectivity index (χ1) is 14.1. The van der Waals surface area contributed by atoms with E-state index in [0.29, 0.717) is 17.3 Å². The first-order valence-corrected chi connectivity index (χ1v) is 11.6. The highest BCUT2D eigenvalue weighted by Crippen LogP contribution is 2.21. The number of aryl methyl sites for hydroxylation is 1. The SMILES string of the molecule is Cc1cccc(CSCC(=O)N(Cc2ccccc2Cl)[C@H](C)C(=O)NC(C)(C)C)c1. The molecule has 0 spiro atoms. The molecule has 0 radical (unpaired) electrons. The molecule has 2 amide bonds. The van der Waals surface area contributed by atoms with Gasteiger partial charge < -0.3 is 10.2 Å². The minimum Gasteiger partial charge on any atom is -0.350 e. The average molecular weight is 447 g/mol. The summed E-state index contributed by atoms with van der Waals surface area (Å²) in [6.07, 6.45) is 0. The van der Waals surface area contributed by atoms with Gasteiger partial charge in [-0.15, -0.1) is 11.8 Å². The predicted octanol–water partition coefficient (Wildman–Crippen LogP) is 5.21. The van der Waals surface area contributed by atoms with Gasteiger partial charge in [0.05, 0.1) is 5.75 Å². The summed E-state index contributed by atoms with van der Waals surface area (Å²) in [5, 5.41) is 3.56. The third-order valence-electron chi connectivity index (χ3n) is 4.54. The second kappa shape index (κ2) is 10.9. The van der Waals surface area contributed by atoms with Gasteiger partial charge in [0.15, 0.2) is 0 Å². The number of carbonyl (C=O) groups is 2. The molecule has 0 saturated carbocycles. The second-order valence-electron chi connectivity index (χ2n) is 8.51. The van der Waals surface area contributed by atoms with Crippen molar-refractivity contribution in [1.82, 2.24) is 10.2 Å². The van der Waals surface area contributed by atoms with E-state index in [2.05, 4.69) is 30.4 Å². The lowest BCUT2D eigenvalue weighted by atomic mass is 10.1. The minimum atomic E-state index is -0.604. The predicted molar refractivity (Wildman–Crippen MR) is 127 cm³/mol. The molecule has 0 aliphatic carbocycles. The first-order valence-electron chi connectivity index (χ1n) is 10.0. The molecule has 1 N–H and O–H groups in total. The summed E-state index contributed by atoms with van der Waals surface area (Å²) in [7, 11) is 0. The monoisotopic (exact) mass is 446 g/mol. The fourth-order valence-corrected chi connectivity index (χ4v) is 4.06. The molecule has 0 heterocycles. The summed E-state index contributed by atoms with van der Waals surface area (Å²) in [4.78, 5) is 27.5. The Kier molecular flexibility index (Phi) is 8.80. The van der Waals surface area contributed by atoms with Crippen molar-refractivity contribution in [3.63, 3.8) is 0 Å². The molecular formula is C24H31ClN2O2S. The van der Waals surface area contributed by atoms with E-state index in [0.717, 1.165) is 11.3 Å². The first kappa shape index (κ1) is 24.3. The lowest BCUT2D eigenvalue weighted by molar-refractivity contribution is -0.139. The molecule has 0 aliphatic rings. The molecule has 0 bridgehead atoms. The molecule has 4 nitrogen and oxygen atoms in total. The van der Waals surface area contributed by atoms with E-state index in [-0.39, 0.29) is 17.4 Å². The molecule has 0 unspecified atom stereocenters. The van der Waals surface area contributed by atoms with Gasteiger partial charge in [0.2, 0.25) is 11.8 Å². The molecule has 162 valence electrons. The van der Waals surface area contributed by atoms with Gasteiger partial charge in [0.1, 0.15) is 6.04 Å². The van der Waals surface area contributed by atoms with Crippen LogP contribution in [0.1, 0.15) is 44.4 Å². The topological polar surface area (TPSA) is 49.4 Å². The lowest BCUT2D eigenvalue weighted by Crippen LogP contribution is -2.52. The highest BCUT2D eigenvalue weighted by molar-refractivity contribution is 7.99. The maximum absolute atomic E-state index is 13.1. The molecule has 2 aromatic rings. The summed E-state index contributed by atoms with van der Waals surface area (Å²) in [5.74, 6) is 0.789. The number of halogens is 1.